The van der Waals surface area contributed by atoms with E-state index in [1.165, 1.54) is 37.1 Å². The van der Waals surface area contributed by atoms with Crippen molar-refractivity contribution in [1.82, 2.24) is 0 Å². The van der Waals surface area contributed by atoms with E-state index in [1.807, 2.05) is 0 Å². The monoisotopic (exact) mass is 332 g/mol. The maximum atomic E-state index is 11.6. The quantitative estimate of drug-likeness (QED) is 0.356. The Balaban J connectivity index is 2.46. The van der Waals surface area contributed by atoms with Gasteiger partial charge in [-0.3, -0.25) is 19.7 Å². The summed E-state index contributed by atoms with van der Waals surface area (Å²) in [5.74, 6) is -0.0633. The van der Waals surface area contributed by atoms with Crippen LogP contribution >= 0.6 is 23.4 Å². The van der Waals surface area contributed by atoms with E-state index in [4.69, 9.17) is 11.6 Å². The number of esters is 1. The predicted octanol–water partition coefficient (Wildman–Crippen LogP) is 2.48. The minimum absolute atomic E-state index is 0.00505. The average molecular weight is 333 g/mol. The van der Waals surface area contributed by atoms with Gasteiger partial charge in [0.15, 0.2) is 0 Å². The van der Waals surface area contributed by atoms with Crippen molar-refractivity contribution < 1.29 is 19.2 Å². The third-order valence-electron chi connectivity index (χ3n) is 2.34. The van der Waals surface area contributed by atoms with Crippen LogP contribution in [0.2, 0.25) is 5.02 Å². The number of benzene rings is 1. The maximum absolute atomic E-state index is 11.6. The number of nitro groups is 1. The predicted molar refractivity (Wildman–Crippen MR) is 80.7 cm³/mol. The maximum Gasteiger partial charge on any atom is 0.306 e. The summed E-state index contributed by atoms with van der Waals surface area (Å²) in [5.41, 5.74) is 0.0254. The van der Waals surface area contributed by atoms with Gasteiger partial charge in [-0.25, -0.2) is 0 Å². The van der Waals surface area contributed by atoms with Gasteiger partial charge in [-0.15, -0.1) is 0 Å². The highest BCUT2D eigenvalue weighted by molar-refractivity contribution is 7.99. The Labute approximate surface area is 130 Å². The normalized spacial score (nSPS) is 10.0. The van der Waals surface area contributed by atoms with Gasteiger partial charge in [0.1, 0.15) is 5.02 Å². The average Bonchev–Trinajstić information content (AvgIpc) is 2.45. The molecule has 0 aromatic heterocycles. The van der Waals surface area contributed by atoms with E-state index in [0.29, 0.717) is 11.4 Å². The van der Waals surface area contributed by atoms with E-state index in [9.17, 15) is 19.7 Å². The van der Waals surface area contributed by atoms with E-state index in [2.05, 4.69) is 10.1 Å². The van der Waals surface area contributed by atoms with Gasteiger partial charge in [0.2, 0.25) is 5.91 Å². The molecular weight excluding hydrogens is 320 g/mol. The number of nitrogens with one attached hydrogen (secondary N) is 1. The molecule has 0 saturated heterocycles. The highest BCUT2D eigenvalue weighted by atomic mass is 35.5. The van der Waals surface area contributed by atoms with Crippen LogP contribution in [0.3, 0.4) is 0 Å². The van der Waals surface area contributed by atoms with Crippen LogP contribution in [0.4, 0.5) is 11.4 Å². The van der Waals surface area contributed by atoms with Crippen LogP contribution in [0.1, 0.15) is 6.42 Å². The second-order valence-electron chi connectivity index (χ2n) is 3.85. The molecule has 0 unspecified atom stereocenters. The highest BCUT2D eigenvalue weighted by Crippen LogP contribution is 2.27. The first kappa shape index (κ1) is 17.3. The van der Waals surface area contributed by atoms with E-state index < -0.39 is 4.92 Å². The highest BCUT2D eigenvalue weighted by Gasteiger charge is 2.14. The van der Waals surface area contributed by atoms with Crippen molar-refractivity contribution in [1.29, 1.82) is 0 Å². The molecule has 9 heteroatoms. The van der Waals surface area contributed by atoms with Crippen LogP contribution in [0.15, 0.2) is 18.2 Å². The molecule has 0 fully saturated rings. The molecule has 0 bridgehead atoms. The van der Waals surface area contributed by atoms with Gasteiger partial charge < -0.3 is 10.1 Å². The summed E-state index contributed by atoms with van der Waals surface area (Å²) in [7, 11) is 1.30. The molecule has 114 valence electrons. The zero-order valence-electron chi connectivity index (χ0n) is 11.1. The molecule has 0 saturated carbocycles. The molecular formula is C12H13ClN2O5S. The van der Waals surface area contributed by atoms with E-state index in [1.54, 1.807) is 0 Å². The first-order chi connectivity index (χ1) is 9.93. The first-order valence-electron chi connectivity index (χ1n) is 5.82. The summed E-state index contributed by atoms with van der Waals surface area (Å²) < 4.78 is 4.47. The Morgan fingerprint density at radius 3 is 2.81 bits per heavy atom. The molecule has 21 heavy (non-hydrogen) atoms. The second kappa shape index (κ2) is 8.48. The van der Waals surface area contributed by atoms with Gasteiger partial charge in [0, 0.05) is 17.5 Å². The minimum atomic E-state index is -0.622. The van der Waals surface area contributed by atoms with Crippen LogP contribution < -0.4 is 5.32 Å². The fourth-order valence-electron chi connectivity index (χ4n) is 1.35. The first-order valence-corrected chi connectivity index (χ1v) is 7.35. The zero-order chi connectivity index (χ0) is 15.8. The molecule has 1 amide bonds. The molecule has 1 rings (SSSR count). The number of anilines is 1. The van der Waals surface area contributed by atoms with Crippen molar-refractivity contribution in [2.75, 3.05) is 23.9 Å². The number of carbonyl (C=O) groups is 2. The molecule has 1 aromatic carbocycles. The molecule has 0 aliphatic heterocycles. The van der Waals surface area contributed by atoms with Gasteiger partial charge in [-0.1, -0.05) is 11.6 Å². The second-order valence-corrected chi connectivity index (χ2v) is 5.36. The number of rotatable bonds is 7. The standard InChI is InChI=1S/C12H13ClN2O5S/c1-20-12(17)4-5-21-7-11(16)14-8-2-3-9(13)10(6-8)15(18)19/h2-3,6H,4-5,7H2,1H3,(H,14,16). The Kier molecular flexibility index (Phi) is 6.97. The Morgan fingerprint density at radius 1 is 1.48 bits per heavy atom. The zero-order valence-corrected chi connectivity index (χ0v) is 12.7. The lowest BCUT2D eigenvalue weighted by Gasteiger charge is -2.05. The summed E-state index contributed by atoms with van der Waals surface area (Å²) in [4.78, 5) is 32.6. The van der Waals surface area contributed by atoms with Crippen molar-refractivity contribution >= 4 is 46.6 Å². The molecule has 1 N–H and O–H groups in total. The lowest BCUT2D eigenvalue weighted by atomic mass is 10.3. The lowest BCUT2D eigenvalue weighted by molar-refractivity contribution is -0.384. The van der Waals surface area contributed by atoms with Gasteiger partial charge in [0.05, 0.1) is 24.2 Å². The number of amides is 1. The minimum Gasteiger partial charge on any atom is -0.469 e. The molecule has 7 nitrogen and oxygen atoms in total. The number of ether oxygens (including phenoxy) is 1. The SMILES string of the molecule is COC(=O)CCSCC(=O)Nc1ccc(Cl)c([N+](=O)[O-])c1. The number of hydrogen-bond donors (Lipinski definition) is 1. The number of thioether (sulfide) groups is 1. The van der Waals surface area contributed by atoms with Crippen molar-refractivity contribution in [2.45, 2.75) is 6.42 Å². The smallest absolute Gasteiger partial charge is 0.306 e. The fourth-order valence-corrected chi connectivity index (χ4v) is 2.25. The van der Waals surface area contributed by atoms with E-state index in [-0.39, 0.29) is 34.8 Å². The number of nitrogens with zero attached hydrogens (tertiary/aromatic N) is 1. The van der Waals surface area contributed by atoms with Crippen molar-refractivity contribution in [3.63, 3.8) is 0 Å². The summed E-state index contributed by atoms with van der Waals surface area (Å²) in [5, 5.41) is 13.3. The largest absolute Gasteiger partial charge is 0.469 e. The van der Waals surface area contributed by atoms with Crippen LogP contribution in [-0.2, 0) is 14.3 Å². The number of hydrogen-bond acceptors (Lipinski definition) is 6. The summed E-state index contributed by atoms with van der Waals surface area (Å²) in [6.07, 6.45) is 0.223. The topological polar surface area (TPSA) is 98.5 Å². The van der Waals surface area contributed by atoms with E-state index in [0.717, 1.165) is 0 Å². The summed E-state index contributed by atoms with van der Waals surface area (Å²) in [6.45, 7) is 0. The number of carbonyl (C=O) groups excluding carboxylic acids is 2. The summed E-state index contributed by atoms with van der Waals surface area (Å²) in [6, 6.07) is 4.02. The van der Waals surface area contributed by atoms with Gasteiger partial charge in [-0.2, -0.15) is 11.8 Å². The number of halogens is 1. The third-order valence-corrected chi connectivity index (χ3v) is 3.62. The van der Waals surface area contributed by atoms with Gasteiger partial charge >= 0.3 is 5.97 Å². The molecule has 1 aromatic rings. The van der Waals surface area contributed by atoms with Crippen molar-refractivity contribution in [2.24, 2.45) is 0 Å². The van der Waals surface area contributed by atoms with Crippen LogP contribution in [0, 0.1) is 10.1 Å². The number of nitro benzene ring substituents is 1. The molecule has 0 spiro atoms. The Hall–Kier alpha value is -1.80. The Bertz CT molecular complexity index is 552. The molecule has 0 heterocycles. The lowest BCUT2D eigenvalue weighted by Crippen LogP contribution is -2.15. The number of methoxy groups -OCH3 is 1. The van der Waals surface area contributed by atoms with Gasteiger partial charge in [-0.05, 0) is 12.1 Å². The van der Waals surface area contributed by atoms with Crippen LogP contribution in [0.5, 0.6) is 0 Å². The van der Waals surface area contributed by atoms with Crippen LogP contribution in [0.25, 0.3) is 0 Å². The van der Waals surface area contributed by atoms with Crippen LogP contribution in [-0.4, -0.2) is 35.4 Å². The van der Waals surface area contributed by atoms with Gasteiger partial charge in [0.25, 0.3) is 5.69 Å². The summed E-state index contributed by atoms with van der Waals surface area (Å²) >= 11 is 6.94. The molecule has 0 atom stereocenters. The fraction of sp³-hybridized carbons (Fsp3) is 0.333. The molecule has 0 aliphatic rings. The van der Waals surface area contributed by atoms with E-state index >= 15 is 0 Å². The molecule has 0 aliphatic carbocycles. The Morgan fingerprint density at radius 2 is 2.19 bits per heavy atom. The van der Waals surface area contributed by atoms with Crippen molar-refractivity contribution in [3.8, 4) is 0 Å². The third kappa shape index (κ3) is 6.01. The van der Waals surface area contributed by atoms with Crippen molar-refractivity contribution in [3.05, 3.63) is 33.3 Å². The molecule has 0 radical (unpaired) electrons.